The number of aromatic nitrogens is 1. The van der Waals surface area contributed by atoms with Crippen LogP contribution in [0.1, 0.15) is 11.1 Å². The molecule has 3 nitrogen and oxygen atoms in total. The molecule has 2 N–H and O–H groups in total. The Kier molecular flexibility index (Phi) is 4.18. The number of phenols is 1. The second kappa shape index (κ2) is 6.24. The van der Waals surface area contributed by atoms with Gasteiger partial charge in [0.05, 0.1) is 5.52 Å². The van der Waals surface area contributed by atoms with E-state index in [1.807, 2.05) is 30.3 Å². The number of aromatic hydroxyl groups is 1. The van der Waals surface area contributed by atoms with Crippen LogP contribution in [-0.2, 0) is 13.1 Å². The Morgan fingerprint density at radius 3 is 2.62 bits per heavy atom. The topological polar surface area (TPSA) is 45.1 Å². The molecule has 0 unspecified atom stereocenters. The minimum atomic E-state index is 0.323. The van der Waals surface area contributed by atoms with E-state index >= 15 is 0 Å². The summed E-state index contributed by atoms with van der Waals surface area (Å²) in [7, 11) is 0. The summed E-state index contributed by atoms with van der Waals surface area (Å²) in [5, 5.41) is 14.2. The second-order valence-corrected chi connectivity index (χ2v) is 5.69. The zero-order valence-corrected chi connectivity index (χ0v) is 13.0. The standard InChI is InChI=1S/C17H15BrN2O/c18-15-8-7-13(17-14(15)5-3-9-20-17)11-19-10-12-4-1-2-6-16(12)21/h1-9,19,21H,10-11H2. The molecule has 0 spiro atoms. The molecule has 3 aromatic rings. The lowest BCUT2D eigenvalue weighted by Gasteiger charge is -2.09. The van der Waals surface area contributed by atoms with Crippen molar-refractivity contribution in [3.63, 3.8) is 0 Å². The lowest BCUT2D eigenvalue weighted by molar-refractivity contribution is 0.464. The first kappa shape index (κ1) is 14.0. The Bertz CT molecular complexity index is 774. The zero-order chi connectivity index (χ0) is 14.7. The van der Waals surface area contributed by atoms with Gasteiger partial charge in [-0.05, 0) is 23.8 Å². The summed E-state index contributed by atoms with van der Waals surface area (Å²) in [6, 6.07) is 15.5. The zero-order valence-electron chi connectivity index (χ0n) is 11.4. The first-order chi connectivity index (χ1) is 10.3. The molecule has 106 valence electrons. The number of phenolic OH excluding ortho intramolecular Hbond substituents is 1. The number of halogens is 1. The number of nitrogens with zero attached hydrogens (tertiary/aromatic N) is 1. The van der Waals surface area contributed by atoms with Gasteiger partial charge in [-0.2, -0.15) is 0 Å². The van der Waals surface area contributed by atoms with Gasteiger partial charge in [0.2, 0.25) is 0 Å². The summed E-state index contributed by atoms with van der Waals surface area (Å²) in [5.41, 5.74) is 3.03. The summed E-state index contributed by atoms with van der Waals surface area (Å²) < 4.78 is 1.05. The van der Waals surface area contributed by atoms with Crippen molar-refractivity contribution in [3.8, 4) is 5.75 Å². The molecule has 0 amide bonds. The Morgan fingerprint density at radius 1 is 0.952 bits per heavy atom. The van der Waals surface area contributed by atoms with Crippen LogP contribution in [0.25, 0.3) is 10.9 Å². The van der Waals surface area contributed by atoms with Gasteiger partial charge in [-0.3, -0.25) is 4.98 Å². The number of rotatable bonds is 4. The number of fused-ring (bicyclic) bond motifs is 1. The summed E-state index contributed by atoms with van der Waals surface area (Å²) in [6.07, 6.45) is 1.81. The van der Waals surface area contributed by atoms with Crippen molar-refractivity contribution in [2.24, 2.45) is 0 Å². The van der Waals surface area contributed by atoms with Crippen LogP contribution in [0.5, 0.6) is 5.75 Å². The van der Waals surface area contributed by atoms with E-state index in [4.69, 9.17) is 0 Å². The van der Waals surface area contributed by atoms with Crippen molar-refractivity contribution in [2.75, 3.05) is 0 Å². The molecule has 0 aliphatic carbocycles. The predicted molar refractivity (Wildman–Crippen MR) is 88.1 cm³/mol. The molecule has 3 rings (SSSR count). The van der Waals surface area contributed by atoms with E-state index in [9.17, 15) is 5.11 Å². The number of benzene rings is 2. The Balaban J connectivity index is 1.77. The summed E-state index contributed by atoms with van der Waals surface area (Å²) in [4.78, 5) is 4.47. The molecule has 0 aliphatic heterocycles. The van der Waals surface area contributed by atoms with E-state index in [2.05, 4.69) is 38.4 Å². The van der Waals surface area contributed by atoms with Gasteiger partial charge in [-0.25, -0.2) is 0 Å². The van der Waals surface area contributed by atoms with Crippen molar-refractivity contribution >= 4 is 26.8 Å². The van der Waals surface area contributed by atoms with Gasteiger partial charge in [0, 0.05) is 34.7 Å². The number of hydrogen-bond acceptors (Lipinski definition) is 3. The number of nitrogens with one attached hydrogen (secondary N) is 1. The highest BCUT2D eigenvalue weighted by atomic mass is 79.9. The molecule has 0 radical (unpaired) electrons. The molecule has 0 bridgehead atoms. The SMILES string of the molecule is Oc1ccccc1CNCc1ccc(Br)c2cccnc12. The minimum absolute atomic E-state index is 0.323. The maximum atomic E-state index is 9.76. The Morgan fingerprint density at radius 2 is 1.76 bits per heavy atom. The number of pyridine rings is 1. The van der Waals surface area contributed by atoms with Crippen LogP contribution >= 0.6 is 15.9 Å². The third kappa shape index (κ3) is 3.06. The van der Waals surface area contributed by atoms with Crippen molar-refractivity contribution < 1.29 is 5.11 Å². The minimum Gasteiger partial charge on any atom is -0.508 e. The van der Waals surface area contributed by atoms with Crippen LogP contribution in [0.3, 0.4) is 0 Å². The molecule has 0 aliphatic rings. The lowest BCUT2D eigenvalue weighted by Crippen LogP contribution is -2.13. The molecular formula is C17H15BrN2O. The van der Waals surface area contributed by atoms with Gasteiger partial charge < -0.3 is 10.4 Å². The fourth-order valence-electron chi connectivity index (χ4n) is 2.33. The Labute approximate surface area is 131 Å². The quantitative estimate of drug-likeness (QED) is 0.753. The van der Waals surface area contributed by atoms with E-state index in [0.29, 0.717) is 18.8 Å². The molecule has 2 aromatic carbocycles. The number of para-hydroxylation sites is 1. The average Bonchev–Trinajstić information content (AvgIpc) is 2.52. The van der Waals surface area contributed by atoms with Crippen LogP contribution in [-0.4, -0.2) is 10.1 Å². The molecule has 0 atom stereocenters. The molecule has 1 heterocycles. The second-order valence-electron chi connectivity index (χ2n) is 4.84. The van der Waals surface area contributed by atoms with Crippen LogP contribution in [0.2, 0.25) is 0 Å². The van der Waals surface area contributed by atoms with Gasteiger partial charge in [-0.1, -0.05) is 46.3 Å². The maximum Gasteiger partial charge on any atom is 0.120 e. The van der Waals surface area contributed by atoms with Gasteiger partial charge in [0.1, 0.15) is 5.75 Å². The highest BCUT2D eigenvalue weighted by molar-refractivity contribution is 9.10. The van der Waals surface area contributed by atoms with Gasteiger partial charge in [0.15, 0.2) is 0 Å². The van der Waals surface area contributed by atoms with E-state index < -0.39 is 0 Å². The smallest absolute Gasteiger partial charge is 0.120 e. The highest BCUT2D eigenvalue weighted by Gasteiger charge is 2.05. The molecule has 21 heavy (non-hydrogen) atoms. The summed E-state index contributed by atoms with van der Waals surface area (Å²) in [5.74, 6) is 0.323. The van der Waals surface area contributed by atoms with Crippen molar-refractivity contribution in [3.05, 3.63) is 70.3 Å². The Hall–Kier alpha value is -1.91. The van der Waals surface area contributed by atoms with Crippen LogP contribution in [0, 0.1) is 0 Å². The van der Waals surface area contributed by atoms with E-state index in [1.54, 1.807) is 12.3 Å². The molecular weight excluding hydrogens is 328 g/mol. The van der Waals surface area contributed by atoms with Crippen LogP contribution in [0.15, 0.2) is 59.2 Å². The van der Waals surface area contributed by atoms with Crippen molar-refractivity contribution in [2.45, 2.75) is 13.1 Å². The summed E-state index contributed by atoms with van der Waals surface area (Å²) >= 11 is 3.55. The normalized spacial score (nSPS) is 10.9. The van der Waals surface area contributed by atoms with Crippen LogP contribution < -0.4 is 5.32 Å². The van der Waals surface area contributed by atoms with Gasteiger partial charge in [-0.15, -0.1) is 0 Å². The molecule has 4 heteroatoms. The van der Waals surface area contributed by atoms with E-state index in [1.165, 1.54) is 0 Å². The monoisotopic (exact) mass is 342 g/mol. The third-order valence-corrected chi connectivity index (χ3v) is 4.11. The fourth-order valence-corrected chi connectivity index (χ4v) is 2.78. The van der Waals surface area contributed by atoms with E-state index in [0.717, 1.165) is 26.5 Å². The first-order valence-corrected chi connectivity index (χ1v) is 7.54. The molecule has 0 fully saturated rings. The largest absolute Gasteiger partial charge is 0.508 e. The maximum absolute atomic E-state index is 9.76. The number of hydrogen-bond donors (Lipinski definition) is 2. The van der Waals surface area contributed by atoms with Gasteiger partial charge >= 0.3 is 0 Å². The molecule has 1 aromatic heterocycles. The van der Waals surface area contributed by atoms with Crippen molar-refractivity contribution in [1.82, 2.24) is 10.3 Å². The highest BCUT2D eigenvalue weighted by Crippen LogP contribution is 2.25. The fraction of sp³-hybridized carbons (Fsp3) is 0.118. The summed E-state index contributed by atoms with van der Waals surface area (Å²) in [6.45, 7) is 1.33. The lowest BCUT2D eigenvalue weighted by atomic mass is 10.1. The first-order valence-electron chi connectivity index (χ1n) is 6.75. The van der Waals surface area contributed by atoms with Crippen molar-refractivity contribution in [1.29, 1.82) is 0 Å². The third-order valence-electron chi connectivity index (χ3n) is 3.42. The average molecular weight is 343 g/mol. The molecule has 0 saturated heterocycles. The predicted octanol–water partition coefficient (Wildman–Crippen LogP) is 3.99. The molecule has 0 saturated carbocycles. The van der Waals surface area contributed by atoms with Crippen LogP contribution in [0.4, 0.5) is 0 Å². The van der Waals surface area contributed by atoms with E-state index in [-0.39, 0.29) is 0 Å². The van der Waals surface area contributed by atoms with Gasteiger partial charge in [0.25, 0.3) is 0 Å².